The van der Waals surface area contributed by atoms with Crippen molar-refractivity contribution in [2.24, 2.45) is 0 Å². The molecule has 0 atom stereocenters. The first-order valence-electron chi connectivity index (χ1n) is 9.14. The molecule has 2 aliphatic heterocycles. The molecule has 138 valence electrons. The molecule has 28 heavy (non-hydrogen) atoms. The van der Waals surface area contributed by atoms with Crippen LogP contribution < -0.4 is 4.90 Å². The highest BCUT2D eigenvalue weighted by atomic mass is 16.7. The summed E-state index contributed by atoms with van der Waals surface area (Å²) in [7, 11) is 0. The number of amides is 2. The third-order valence-corrected chi connectivity index (χ3v) is 5.06. The zero-order valence-electron chi connectivity index (χ0n) is 15.0. The molecule has 5 rings (SSSR count). The normalized spacial score (nSPS) is 16.6. The fraction of sp³-hybridized carbons (Fsp3) is 0.130. The lowest BCUT2D eigenvalue weighted by Crippen LogP contribution is -2.29. The van der Waals surface area contributed by atoms with Crippen molar-refractivity contribution in [3.05, 3.63) is 89.5 Å². The zero-order chi connectivity index (χ0) is 19.1. The highest BCUT2D eigenvalue weighted by Gasteiger charge is 2.36. The Morgan fingerprint density at radius 2 is 1.18 bits per heavy atom. The fourth-order valence-electron chi connectivity index (χ4n) is 3.61. The number of fused-ring (bicyclic) bond motifs is 1. The molecular formula is C23H17NO4. The number of hydrogen-bond donors (Lipinski definition) is 0. The Kier molecular flexibility index (Phi) is 4.04. The second kappa shape index (κ2) is 6.71. The fourth-order valence-corrected chi connectivity index (χ4v) is 3.61. The largest absolute Gasteiger partial charge is 0.346 e. The molecule has 2 amide bonds. The molecule has 0 unspecified atom stereocenters. The summed E-state index contributed by atoms with van der Waals surface area (Å²) in [5.74, 6) is -0.566. The van der Waals surface area contributed by atoms with Gasteiger partial charge in [0.25, 0.3) is 11.8 Å². The van der Waals surface area contributed by atoms with Gasteiger partial charge in [-0.05, 0) is 35.4 Å². The number of anilines is 1. The van der Waals surface area contributed by atoms with Gasteiger partial charge in [0.05, 0.1) is 30.0 Å². The highest BCUT2D eigenvalue weighted by molar-refractivity contribution is 6.34. The lowest BCUT2D eigenvalue weighted by Gasteiger charge is -2.15. The zero-order valence-corrected chi connectivity index (χ0v) is 15.0. The summed E-state index contributed by atoms with van der Waals surface area (Å²) in [6.07, 6.45) is -0.287. The lowest BCUT2D eigenvalue weighted by atomic mass is 10.0. The molecule has 2 heterocycles. The molecular weight excluding hydrogens is 354 g/mol. The van der Waals surface area contributed by atoms with Crippen LogP contribution in [0.4, 0.5) is 5.69 Å². The summed E-state index contributed by atoms with van der Waals surface area (Å²) >= 11 is 0. The summed E-state index contributed by atoms with van der Waals surface area (Å²) in [5.41, 5.74) is 4.49. The van der Waals surface area contributed by atoms with Gasteiger partial charge in [0.15, 0.2) is 6.29 Å². The first-order chi connectivity index (χ1) is 13.7. The summed E-state index contributed by atoms with van der Waals surface area (Å²) in [4.78, 5) is 26.4. The molecule has 0 saturated carbocycles. The van der Waals surface area contributed by atoms with Crippen LogP contribution in [0.25, 0.3) is 11.1 Å². The van der Waals surface area contributed by atoms with E-state index >= 15 is 0 Å². The quantitative estimate of drug-likeness (QED) is 0.648. The molecule has 5 heteroatoms. The average Bonchev–Trinajstić information content (AvgIpc) is 3.37. The summed E-state index contributed by atoms with van der Waals surface area (Å²) in [6.45, 7) is 1.23. The van der Waals surface area contributed by atoms with Crippen LogP contribution in [0.5, 0.6) is 0 Å². The number of nitrogens with zero attached hydrogens (tertiary/aromatic N) is 1. The van der Waals surface area contributed by atoms with Gasteiger partial charge in [-0.25, -0.2) is 4.90 Å². The van der Waals surface area contributed by atoms with Gasteiger partial charge in [-0.3, -0.25) is 9.59 Å². The molecule has 0 bridgehead atoms. The predicted octanol–water partition coefficient (Wildman–Crippen LogP) is 4.20. The predicted molar refractivity (Wildman–Crippen MR) is 104 cm³/mol. The lowest BCUT2D eigenvalue weighted by molar-refractivity contribution is -0.0441. The molecule has 3 aromatic rings. The van der Waals surface area contributed by atoms with Crippen molar-refractivity contribution in [3.8, 4) is 11.1 Å². The molecule has 1 fully saturated rings. The van der Waals surface area contributed by atoms with E-state index < -0.39 is 0 Å². The van der Waals surface area contributed by atoms with Gasteiger partial charge in [-0.15, -0.1) is 0 Å². The maximum atomic E-state index is 12.6. The first kappa shape index (κ1) is 16.9. The van der Waals surface area contributed by atoms with Crippen molar-refractivity contribution in [2.75, 3.05) is 18.1 Å². The van der Waals surface area contributed by atoms with E-state index in [-0.39, 0.29) is 18.1 Å². The van der Waals surface area contributed by atoms with Crippen LogP contribution in [0.15, 0.2) is 72.8 Å². The highest BCUT2D eigenvalue weighted by Crippen LogP contribution is 2.31. The number of benzene rings is 3. The van der Waals surface area contributed by atoms with E-state index in [1.54, 1.807) is 36.4 Å². The Labute approximate surface area is 162 Å². The minimum absolute atomic E-state index is 0.283. The smallest absolute Gasteiger partial charge is 0.266 e. The number of rotatable bonds is 3. The van der Waals surface area contributed by atoms with Crippen LogP contribution >= 0.6 is 0 Å². The number of carbonyl (C=O) groups excluding carboxylic acids is 2. The van der Waals surface area contributed by atoms with Crippen LogP contribution in [0, 0.1) is 0 Å². The Balaban J connectivity index is 1.39. The van der Waals surface area contributed by atoms with Crippen molar-refractivity contribution < 1.29 is 19.1 Å². The van der Waals surface area contributed by atoms with Gasteiger partial charge in [0.2, 0.25) is 0 Å². The van der Waals surface area contributed by atoms with Gasteiger partial charge in [0, 0.05) is 5.56 Å². The second-order valence-corrected chi connectivity index (χ2v) is 6.73. The molecule has 1 saturated heterocycles. The number of hydrogen-bond acceptors (Lipinski definition) is 4. The molecule has 3 aromatic carbocycles. The minimum Gasteiger partial charge on any atom is -0.346 e. The second-order valence-electron chi connectivity index (χ2n) is 6.73. The van der Waals surface area contributed by atoms with Crippen molar-refractivity contribution in [3.63, 3.8) is 0 Å². The van der Waals surface area contributed by atoms with Crippen LogP contribution in [-0.4, -0.2) is 25.0 Å². The van der Waals surface area contributed by atoms with Crippen LogP contribution in [-0.2, 0) is 9.47 Å². The van der Waals surface area contributed by atoms with Gasteiger partial charge in [-0.1, -0.05) is 48.5 Å². The van der Waals surface area contributed by atoms with E-state index in [2.05, 4.69) is 0 Å². The molecule has 0 radical (unpaired) electrons. The molecule has 0 aliphatic carbocycles. The number of imide groups is 1. The van der Waals surface area contributed by atoms with Crippen molar-refractivity contribution >= 4 is 17.5 Å². The molecule has 2 aliphatic rings. The first-order valence-corrected chi connectivity index (χ1v) is 9.14. The standard InChI is InChI=1S/C23H17NO4/c25-21-19-3-1-2-4-20(19)22(26)24(21)18-11-9-16(10-12-18)15-5-7-17(8-6-15)23-27-13-14-28-23/h1-12,23H,13-14H2. The Hall–Kier alpha value is -3.28. The minimum atomic E-state index is -0.287. The van der Waals surface area contributed by atoms with E-state index in [4.69, 9.17) is 9.47 Å². The maximum Gasteiger partial charge on any atom is 0.266 e. The number of carbonyl (C=O) groups is 2. The average molecular weight is 371 g/mol. The van der Waals surface area contributed by atoms with Crippen LogP contribution in [0.2, 0.25) is 0 Å². The third-order valence-electron chi connectivity index (χ3n) is 5.06. The SMILES string of the molecule is O=C1c2ccccc2C(=O)N1c1ccc(-c2ccc(C3OCCO3)cc2)cc1. The van der Waals surface area contributed by atoms with Crippen LogP contribution in [0.3, 0.4) is 0 Å². The van der Waals surface area contributed by atoms with Crippen molar-refractivity contribution in [1.82, 2.24) is 0 Å². The Morgan fingerprint density at radius 1 is 0.679 bits per heavy atom. The molecule has 5 nitrogen and oxygen atoms in total. The summed E-state index contributed by atoms with van der Waals surface area (Å²) < 4.78 is 11.0. The van der Waals surface area contributed by atoms with Crippen molar-refractivity contribution in [2.45, 2.75) is 6.29 Å². The van der Waals surface area contributed by atoms with Gasteiger partial charge < -0.3 is 9.47 Å². The third kappa shape index (κ3) is 2.72. The summed E-state index contributed by atoms with van der Waals surface area (Å²) in [6, 6.07) is 22.3. The molecule has 0 aromatic heterocycles. The van der Waals surface area contributed by atoms with E-state index in [1.165, 1.54) is 4.90 Å². The monoisotopic (exact) mass is 371 g/mol. The Bertz CT molecular complexity index is 1020. The summed E-state index contributed by atoms with van der Waals surface area (Å²) in [5, 5.41) is 0. The molecule has 0 N–H and O–H groups in total. The maximum absolute atomic E-state index is 12.6. The van der Waals surface area contributed by atoms with E-state index in [9.17, 15) is 9.59 Å². The van der Waals surface area contributed by atoms with Gasteiger partial charge >= 0.3 is 0 Å². The van der Waals surface area contributed by atoms with E-state index in [1.807, 2.05) is 36.4 Å². The topological polar surface area (TPSA) is 55.8 Å². The van der Waals surface area contributed by atoms with Crippen LogP contribution in [0.1, 0.15) is 32.6 Å². The van der Waals surface area contributed by atoms with Gasteiger partial charge in [-0.2, -0.15) is 0 Å². The van der Waals surface area contributed by atoms with E-state index in [0.29, 0.717) is 30.0 Å². The van der Waals surface area contributed by atoms with Gasteiger partial charge in [0.1, 0.15) is 0 Å². The molecule has 0 spiro atoms. The Morgan fingerprint density at radius 3 is 1.71 bits per heavy atom. The number of ether oxygens (including phenoxy) is 2. The van der Waals surface area contributed by atoms with E-state index in [0.717, 1.165) is 16.7 Å². The van der Waals surface area contributed by atoms with Crippen molar-refractivity contribution in [1.29, 1.82) is 0 Å².